The van der Waals surface area contributed by atoms with Gasteiger partial charge in [0.1, 0.15) is 11.6 Å². The van der Waals surface area contributed by atoms with E-state index in [2.05, 4.69) is 10.6 Å². The number of carbonyl (C=O) groups excluding carboxylic acids is 1. The molecule has 2 aromatic carbocycles. The van der Waals surface area contributed by atoms with E-state index in [0.29, 0.717) is 23.4 Å². The van der Waals surface area contributed by atoms with Crippen molar-refractivity contribution >= 4 is 29.9 Å². The van der Waals surface area contributed by atoms with Gasteiger partial charge in [0, 0.05) is 16.5 Å². The monoisotopic (exact) mass is 400 g/mol. The average Bonchev–Trinajstić information content (AvgIpc) is 2.63. The molecule has 2 N–H and O–H groups in total. The topological polar surface area (TPSA) is 41.1 Å². The molecule has 1 atom stereocenters. The van der Waals surface area contributed by atoms with Crippen molar-refractivity contribution in [3.8, 4) is 0 Å². The van der Waals surface area contributed by atoms with Crippen molar-refractivity contribution in [3.05, 3.63) is 70.2 Å². The van der Waals surface area contributed by atoms with Crippen molar-refractivity contribution in [1.29, 1.82) is 0 Å². The molecule has 1 aliphatic rings. The second-order valence-corrected chi connectivity index (χ2v) is 6.56. The van der Waals surface area contributed by atoms with Crippen molar-refractivity contribution in [2.24, 2.45) is 5.92 Å². The molecular weight excluding hydrogens is 381 g/mol. The van der Waals surface area contributed by atoms with Gasteiger partial charge in [0.15, 0.2) is 0 Å². The lowest BCUT2D eigenvalue weighted by atomic mass is 9.94. The Balaban J connectivity index is 0.00000243. The third-order valence-electron chi connectivity index (χ3n) is 4.48. The number of halogens is 4. The molecule has 1 heterocycles. The Morgan fingerprint density at radius 1 is 1.12 bits per heavy atom. The summed E-state index contributed by atoms with van der Waals surface area (Å²) in [6, 6.07) is 9.25. The van der Waals surface area contributed by atoms with Gasteiger partial charge in [-0.15, -0.1) is 12.4 Å². The summed E-state index contributed by atoms with van der Waals surface area (Å²) < 4.78 is 28.1. The third-order valence-corrected chi connectivity index (χ3v) is 4.83. The van der Waals surface area contributed by atoms with Gasteiger partial charge in [-0.05, 0) is 55.8 Å². The fourth-order valence-electron chi connectivity index (χ4n) is 3.11. The lowest BCUT2D eigenvalue weighted by Crippen LogP contribution is -2.40. The second kappa shape index (κ2) is 9.31. The Morgan fingerprint density at radius 2 is 1.81 bits per heavy atom. The fourth-order valence-corrected chi connectivity index (χ4v) is 3.36. The predicted octanol–water partition coefficient (Wildman–Crippen LogP) is 4.25. The highest BCUT2D eigenvalue weighted by Crippen LogP contribution is 2.31. The largest absolute Gasteiger partial charge is 0.345 e. The van der Waals surface area contributed by atoms with Gasteiger partial charge in [-0.2, -0.15) is 0 Å². The highest BCUT2D eigenvalue weighted by Gasteiger charge is 2.27. The van der Waals surface area contributed by atoms with Crippen LogP contribution in [0.4, 0.5) is 8.78 Å². The standard InChI is InChI=1S/C19H19ClF2N2O.ClH/c20-16-4-2-1-3-14(16)18(15-11-13(21)5-6-17(15)22)24-19(25)12-7-9-23-10-8-12;/h1-6,11-12,18,23H,7-10H2,(H,24,25);1H. The Hall–Kier alpha value is -1.69. The molecule has 3 rings (SSSR count). The highest BCUT2D eigenvalue weighted by atomic mass is 35.5. The first-order valence-electron chi connectivity index (χ1n) is 8.26. The molecule has 2 aromatic rings. The minimum Gasteiger partial charge on any atom is -0.345 e. The Kier molecular flexibility index (Phi) is 7.38. The van der Waals surface area contributed by atoms with E-state index in [1.807, 2.05) is 0 Å². The molecule has 26 heavy (non-hydrogen) atoms. The van der Waals surface area contributed by atoms with Crippen LogP contribution in [0.5, 0.6) is 0 Å². The Morgan fingerprint density at radius 3 is 2.50 bits per heavy atom. The fraction of sp³-hybridized carbons (Fsp3) is 0.316. The molecule has 0 aliphatic carbocycles. The van der Waals surface area contributed by atoms with E-state index in [9.17, 15) is 13.6 Å². The van der Waals surface area contributed by atoms with Crippen LogP contribution in [-0.4, -0.2) is 19.0 Å². The zero-order valence-electron chi connectivity index (χ0n) is 14.0. The van der Waals surface area contributed by atoms with Crippen molar-refractivity contribution < 1.29 is 13.6 Å². The molecule has 1 amide bonds. The maximum atomic E-state index is 14.4. The smallest absolute Gasteiger partial charge is 0.223 e. The number of hydrogen-bond acceptors (Lipinski definition) is 2. The van der Waals surface area contributed by atoms with E-state index in [-0.39, 0.29) is 29.8 Å². The van der Waals surface area contributed by atoms with Gasteiger partial charge < -0.3 is 10.6 Å². The summed E-state index contributed by atoms with van der Waals surface area (Å²) in [6.07, 6.45) is 1.43. The van der Waals surface area contributed by atoms with Crippen molar-refractivity contribution in [2.75, 3.05) is 13.1 Å². The molecule has 0 saturated carbocycles. The van der Waals surface area contributed by atoms with Gasteiger partial charge in [-0.25, -0.2) is 8.78 Å². The minimum atomic E-state index is -0.841. The zero-order valence-corrected chi connectivity index (χ0v) is 15.5. The number of carbonyl (C=O) groups is 1. The summed E-state index contributed by atoms with van der Waals surface area (Å²) in [5, 5.41) is 6.46. The summed E-state index contributed by atoms with van der Waals surface area (Å²) in [5.74, 6) is -1.47. The molecule has 140 valence electrons. The van der Waals surface area contributed by atoms with Gasteiger partial charge in [-0.1, -0.05) is 29.8 Å². The van der Waals surface area contributed by atoms with Crippen LogP contribution in [0, 0.1) is 17.6 Å². The SMILES string of the molecule is Cl.O=C(NC(c1cc(F)ccc1F)c1ccccc1Cl)C1CCNCC1. The van der Waals surface area contributed by atoms with Crippen LogP contribution in [0.15, 0.2) is 42.5 Å². The number of nitrogens with one attached hydrogen (secondary N) is 2. The third kappa shape index (κ3) is 4.72. The van der Waals surface area contributed by atoms with Gasteiger partial charge >= 0.3 is 0 Å². The number of rotatable bonds is 4. The number of benzene rings is 2. The highest BCUT2D eigenvalue weighted by molar-refractivity contribution is 6.31. The van der Waals surface area contributed by atoms with Gasteiger partial charge in [-0.3, -0.25) is 4.79 Å². The molecule has 1 aliphatic heterocycles. The average molecular weight is 401 g/mol. The molecule has 0 aromatic heterocycles. The predicted molar refractivity (Wildman–Crippen MR) is 101 cm³/mol. The lowest BCUT2D eigenvalue weighted by Gasteiger charge is -2.26. The molecule has 0 spiro atoms. The number of hydrogen-bond donors (Lipinski definition) is 2. The molecule has 1 fully saturated rings. The molecule has 3 nitrogen and oxygen atoms in total. The number of piperidine rings is 1. The summed E-state index contributed by atoms with van der Waals surface area (Å²) in [5.41, 5.74) is 0.603. The van der Waals surface area contributed by atoms with Crippen LogP contribution in [0.1, 0.15) is 30.0 Å². The summed E-state index contributed by atoms with van der Waals surface area (Å²) in [4.78, 5) is 12.7. The van der Waals surface area contributed by atoms with Gasteiger partial charge in [0.05, 0.1) is 6.04 Å². The zero-order chi connectivity index (χ0) is 17.8. The maximum absolute atomic E-state index is 14.4. The summed E-state index contributed by atoms with van der Waals surface area (Å²) in [7, 11) is 0. The first-order valence-corrected chi connectivity index (χ1v) is 8.64. The molecule has 0 bridgehead atoms. The van der Waals surface area contributed by atoms with Crippen LogP contribution in [0.2, 0.25) is 5.02 Å². The maximum Gasteiger partial charge on any atom is 0.223 e. The van der Waals surface area contributed by atoms with E-state index in [1.165, 1.54) is 0 Å². The first kappa shape index (κ1) is 20.6. The van der Waals surface area contributed by atoms with Crippen molar-refractivity contribution in [1.82, 2.24) is 10.6 Å². The Labute approximate surface area is 162 Å². The van der Waals surface area contributed by atoms with Gasteiger partial charge in [0.2, 0.25) is 5.91 Å². The summed E-state index contributed by atoms with van der Waals surface area (Å²) >= 11 is 6.25. The molecule has 0 radical (unpaired) electrons. The van der Waals surface area contributed by atoms with E-state index in [4.69, 9.17) is 11.6 Å². The summed E-state index contributed by atoms with van der Waals surface area (Å²) in [6.45, 7) is 1.53. The van der Waals surface area contributed by atoms with E-state index >= 15 is 0 Å². The minimum absolute atomic E-state index is 0. The quantitative estimate of drug-likeness (QED) is 0.805. The van der Waals surface area contributed by atoms with E-state index in [1.54, 1.807) is 24.3 Å². The van der Waals surface area contributed by atoms with Crippen LogP contribution >= 0.6 is 24.0 Å². The molecule has 7 heteroatoms. The molecular formula is C19H20Cl2F2N2O. The van der Waals surface area contributed by atoms with E-state index < -0.39 is 17.7 Å². The van der Waals surface area contributed by atoms with Crippen LogP contribution in [0.3, 0.4) is 0 Å². The lowest BCUT2D eigenvalue weighted by molar-refractivity contribution is -0.126. The van der Waals surface area contributed by atoms with Gasteiger partial charge in [0.25, 0.3) is 0 Å². The first-order chi connectivity index (χ1) is 12.1. The molecule has 1 saturated heterocycles. The van der Waals surface area contributed by atoms with Crippen molar-refractivity contribution in [3.63, 3.8) is 0 Å². The van der Waals surface area contributed by atoms with E-state index in [0.717, 1.165) is 31.3 Å². The van der Waals surface area contributed by atoms with Crippen molar-refractivity contribution in [2.45, 2.75) is 18.9 Å². The number of amides is 1. The normalized spacial score (nSPS) is 15.8. The van der Waals surface area contributed by atoms with Crippen LogP contribution < -0.4 is 10.6 Å². The van der Waals surface area contributed by atoms with Crippen LogP contribution in [0.25, 0.3) is 0 Å². The Bertz CT molecular complexity index is 767. The van der Waals surface area contributed by atoms with Crippen LogP contribution in [-0.2, 0) is 4.79 Å². The second-order valence-electron chi connectivity index (χ2n) is 6.15. The molecule has 1 unspecified atom stereocenters.